The second kappa shape index (κ2) is 13.2. The molecule has 0 aromatic heterocycles. The van der Waals surface area contributed by atoms with Gasteiger partial charge in [-0.3, -0.25) is 9.59 Å². The summed E-state index contributed by atoms with van der Waals surface area (Å²) < 4.78 is 16.3. The fourth-order valence-corrected chi connectivity index (χ4v) is 4.45. The van der Waals surface area contributed by atoms with Crippen LogP contribution in [0.15, 0.2) is 72.8 Å². The smallest absolute Gasteiger partial charge is 0.408 e. The first-order chi connectivity index (χ1) is 19.6. The van der Waals surface area contributed by atoms with E-state index in [9.17, 15) is 19.2 Å². The topological polar surface area (TPSA) is 120 Å². The highest BCUT2D eigenvalue weighted by Gasteiger charge is 2.31. The van der Waals surface area contributed by atoms with E-state index in [1.807, 2.05) is 30.3 Å². The van der Waals surface area contributed by atoms with Gasteiger partial charge in [-0.15, -0.1) is 0 Å². The Bertz CT molecular complexity index is 1410. The summed E-state index contributed by atoms with van der Waals surface area (Å²) in [6.07, 6.45) is -0.457. The largest absolute Gasteiger partial charge is 0.462 e. The van der Waals surface area contributed by atoms with Crippen molar-refractivity contribution in [3.63, 3.8) is 0 Å². The van der Waals surface area contributed by atoms with Crippen molar-refractivity contribution in [3.8, 4) is 0 Å². The molecule has 1 aliphatic carbocycles. The summed E-state index contributed by atoms with van der Waals surface area (Å²) in [4.78, 5) is 51.1. The number of alkyl carbamates (subject to hydrolysis) is 1. The lowest BCUT2D eigenvalue weighted by Gasteiger charge is -2.23. The number of carbonyl (C=O) groups is 4. The molecule has 0 unspecified atom stereocenters. The van der Waals surface area contributed by atoms with Gasteiger partial charge in [0.1, 0.15) is 18.2 Å². The Morgan fingerprint density at radius 1 is 0.780 bits per heavy atom. The third-order valence-corrected chi connectivity index (χ3v) is 6.24. The fourth-order valence-electron chi connectivity index (χ4n) is 4.45. The van der Waals surface area contributed by atoms with Crippen molar-refractivity contribution in [3.05, 3.63) is 101 Å². The lowest BCUT2D eigenvalue weighted by molar-refractivity contribution is -0.147. The predicted molar refractivity (Wildman–Crippen MR) is 153 cm³/mol. The Morgan fingerprint density at radius 2 is 1.44 bits per heavy atom. The fraction of sp³-hybridized carbons (Fsp3) is 0.312. The normalized spacial score (nSPS) is 13.0. The average Bonchev–Trinajstić information content (AvgIpc) is 2.94. The molecule has 3 aromatic carbocycles. The van der Waals surface area contributed by atoms with Crippen LogP contribution in [-0.2, 0) is 25.4 Å². The van der Waals surface area contributed by atoms with E-state index in [1.54, 1.807) is 63.2 Å². The molecule has 2 N–H and O–H groups in total. The van der Waals surface area contributed by atoms with Gasteiger partial charge in [-0.1, -0.05) is 66.7 Å². The van der Waals surface area contributed by atoms with Crippen LogP contribution < -0.4 is 10.6 Å². The summed E-state index contributed by atoms with van der Waals surface area (Å²) in [7, 11) is 0. The van der Waals surface area contributed by atoms with Crippen LogP contribution >= 0.6 is 0 Å². The summed E-state index contributed by atoms with van der Waals surface area (Å²) in [5, 5.41) is 5.77. The SMILES string of the molecule is CC(C)(C)OC(=O)N[C@@H](Cc1ccccc1)C(=O)OCCOCCNc1cccc2c1C(=O)c1ccccc1C2=O. The standard InChI is InChI=1S/C32H34N2O7/c1-32(2,3)41-31(38)34-26(20-21-10-5-4-6-11-21)30(37)40-19-18-39-17-16-33-25-15-9-14-24-27(25)29(36)23-13-8-7-12-22(23)28(24)35/h4-15,26,33H,16-20H2,1-3H3,(H,34,38)/t26-/m0/s1. The number of carbonyl (C=O) groups excluding carboxylic acids is 4. The molecule has 0 bridgehead atoms. The first-order valence-corrected chi connectivity index (χ1v) is 13.5. The Kier molecular flexibility index (Phi) is 9.52. The van der Waals surface area contributed by atoms with Crippen LogP contribution in [0.1, 0.15) is 58.2 Å². The van der Waals surface area contributed by atoms with Crippen molar-refractivity contribution in [1.82, 2.24) is 5.32 Å². The molecular weight excluding hydrogens is 524 g/mol. The van der Waals surface area contributed by atoms with Gasteiger partial charge in [0.25, 0.3) is 0 Å². The molecule has 3 aromatic rings. The molecule has 1 aliphatic rings. The van der Waals surface area contributed by atoms with Gasteiger partial charge < -0.3 is 24.8 Å². The number of rotatable bonds is 11. The van der Waals surface area contributed by atoms with Crippen molar-refractivity contribution < 1.29 is 33.4 Å². The van der Waals surface area contributed by atoms with Gasteiger partial charge in [-0.25, -0.2) is 9.59 Å². The highest BCUT2D eigenvalue weighted by atomic mass is 16.6. The molecule has 9 nitrogen and oxygen atoms in total. The monoisotopic (exact) mass is 558 g/mol. The van der Waals surface area contributed by atoms with Crippen LogP contribution in [0, 0.1) is 0 Å². The molecule has 0 radical (unpaired) electrons. The number of hydrogen-bond acceptors (Lipinski definition) is 8. The van der Waals surface area contributed by atoms with E-state index in [0.29, 0.717) is 34.5 Å². The zero-order valence-electron chi connectivity index (χ0n) is 23.4. The van der Waals surface area contributed by atoms with Crippen LogP contribution in [0.2, 0.25) is 0 Å². The summed E-state index contributed by atoms with van der Waals surface area (Å²) in [6, 6.07) is 20.3. The predicted octanol–water partition coefficient (Wildman–Crippen LogP) is 4.57. The molecule has 0 heterocycles. The minimum Gasteiger partial charge on any atom is -0.462 e. The Labute approximate surface area is 239 Å². The van der Waals surface area contributed by atoms with Crippen molar-refractivity contribution in [2.45, 2.75) is 38.8 Å². The van der Waals surface area contributed by atoms with Crippen molar-refractivity contribution in [2.24, 2.45) is 0 Å². The van der Waals surface area contributed by atoms with E-state index in [4.69, 9.17) is 14.2 Å². The quantitative estimate of drug-likeness (QED) is 0.203. The first-order valence-electron chi connectivity index (χ1n) is 13.5. The molecule has 0 spiro atoms. The van der Waals surface area contributed by atoms with E-state index in [2.05, 4.69) is 10.6 Å². The zero-order chi connectivity index (χ0) is 29.4. The van der Waals surface area contributed by atoms with Gasteiger partial charge in [0.15, 0.2) is 11.6 Å². The van der Waals surface area contributed by atoms with Crippen molar-refractivity contribution in [1.29, 1.82) is 0 Å². The van der Waals surface area contributed by atoms with Crippen molar-refractivity contribution >= 4 is 29.3 Å². The van der Waals surface area contributed by atoms with E-state index in [1.165, 1.54) is 0 Å². The first kappa shape index (κ1) is 29.5. The second-order valence-electron chi connectivity index (χ2n) is 10.5. The maximum absolute atomic E-state index is 13.1. The van der Waals surface area contributed by atoms with E-state index in [-0.39, 0.29) is 37.8 Å². The molecule has 0 fully saturated rings. The van der Waals surface area contributed by atoms with E-state index < -0.39 is 23.7 Å². The number of amides is 1. The maximum Gasteiger partial charge on any atom is 0.408 e. The number of hydrogen-bond donors (Lipinski definition) is 2. The van der Waals surface area contributed by atoms with E-state index in [0.717, 1.165) is 5.56 Å². The lowest BCUT2D eigenvalue weighted by Crippen LogP contribution is -2.45. The summed E-state index contributed by atoms with van der Waals surface area (Å²) in [5.74, 6) is -0.972. The van der Waals surface area contributed by atoms with Gasteiger partial charge in [0.2, 0.25) is 0 Å². The molecule has 41 heavy (non-hydrogen) atoms. The molecule has 9 heteroatoms. The number of ketones is 2. The van der Waals surface area contributed by atoms with Crippen LogP contribution in [0.5, 0.6) is 0 Å². The van der Waals surface area contributed by atoms with Crippen LogP contribution in [-0.4, -0.2) is 61.6 Å². The van der Waals surface area contributed by atoms with Gasteiger partial charge in [-0.2, -0.15) is 0 Å². The highest BCUT2D eigenvalue weighted by molar-refractivity contribution is 6.30. The summed E-state index contributed by atoms with van der Waals surface area (Å²) >= 11 is 0. The molecule has 0 saturated heterocycles. The number of nitrogens with one attached hydrogen (secondary N) is 2. The Balaban J connectivity index is 1.25. The number of ether oxygens (including phenoxy) is 3. The third kappa shape index (κ3) is 7.79. The van der Waals surface area contributed by atoms with Crippen molar-refractivity contribution in [2.75, 3.05) is 31.7 Å². The average molecular weight is 559 g/mol. The number of esters is 1. The lowest BCUT2D eigenvalue weighted by atomic mass is 9.83. The molecule has 1 atom stereocenters. The second-order valence-corrected chi connectivity index (χ2v) is 10.5. The van der Waals surface area contributed by atoms with E-state index >= 15 is 0 Å². The highest BCUT2D eigenvalue weighted by Crippen LogP contribution is 2.31. The molecule has 4 rings (SSSR count). The molecular formula is C32H34N2O7. The maximum atomic E-state index is 13.1. The number of anilines is 1. The van der Waals surface area contributed by atoms with Gasteiger partial charge in [0, 0.05) is 35.3 Å². The van der Waals surface area contributed by atoms with Crippen LogP contribution in [0.3, 0.4) is 0 Å². The third-order valence-electron chi connectivity index (χ3n) is 6.24. The van der Waals surface area contributed by atoms with Gasteiger partial charge >= 0.3 is 12.1 Å². The number of benzene rings is 3. The molecule has 0 aliphatic heterocycles. The van der Waals surface area contributed by atoms with Gasteiger partial charge in [-0.05, 0) is 32.4 Å². The summed E-state index contributed by atoms with van der Waals surface area (Å²) in [5.41, 5.74) is 2.24. The zero-order valence-corrected chi connectivity index (χ0v) is 23.4. The van der Waals surface area contributed by atoms with Gasteiger partial charge in [0.05, 0.1) is 18.8 Å². The molecule has 0 saturated carbocycles. The number of fused-ring (bicyclic) bond motifs is 2. The minimum absolute atomic E-state index is 0.00930. The molecule has 1 amide bonds. The Morgan fingerprint density at radius 3 is 2.15 bits per heavy atom. The Hall–Kier alpha value is -4.50. The minimum atomic E-state index is -0.927. The van der Waals surface area contributed by atoms with Crippen LogP contribution in [0.4, 0.5) is 10.5 Å². The van der Waals surface area contributed by atoms with Crippen LogP contribution in [0.25, 0.3) is 0 Å². The summed E-state index contributed by atoms with van der Waals surface area (Å²) in [6.45, 7) is 5.98. The molecule has 214 valence electrons.